The topological polar surface area (TPSA) is 48.0 Å². The minimum absolute atomic E-state index is 0.0105. The smallest absolute Gasteiger partial charge is 0.222 e. The van der Waals surface area contributed by atoms with Gasteiger partial charge in [0, 0.05) is 39.8 Å². The Morgan fingerprint density at radius 2 is 1.96 bits per heavy atom. The van der Waals surface area contributed by atoms with Crippen LogP contribution in [0.2, 0.25) is 0 Å². The van der Waals surface area contributed by atoms with E-state index in [0.29, 0.717) is 12.3 Å². The summed E-state index contributed by atoms with van der Waals surface area (Å²) < 4.78 is 16.6. The second-order valence-electron chi connectivity index (χ2n) is 7.90. The average molecular weight is 376 g/mol. The Labute approximate surface area is 163 Å². The number of likely N-dealkylation sites (tertiary alicyclic amines) is 1. The van der Waals surface area contributed by atoms with Crippen LogP contribution in [0.5, 0.6) is 5.75 Å². The van der Waals surface area contributed by atoms with Crippen molar-refractivity contribution < 1.29 is 19.0 Å². The Bertz CT molecular complexity index is 593. The largest absolute Gasteiger partial charge is 0.497 e. The van der Waals surface area contributed by atoms with Gasteiger partial charge in [0.05, 0.1) is 12.7 Å². The molecule has 0 aliphatic carbocycles. The predicted molar refractivity (Wildman–Crippen MR) is 105 cm³/mol. The number of hydrogen-bond donors (Lipinski definition) is 0. The maximum absolute atomic E-state index is 12.6. The van der Waals surface area contributed by atoms with E-state index in [0.717, 1.165) is 70.6 Å². The highest BCUT2D eigenvalue weighted by molar-refractivity contribution is 5.76. The monoisotopic (exact) mass is 375 g/mol. The van der Waals surface area contributed by atoms with E-state index in [2.05, 4.69) is 0 Å². The number of nitrogens with zero attached hydrogens (tertiary/aromatic N) is 1. The number of benzene rings is 1. The number of aryl methyl sites for hydroxylation is 1. The summed E-state index contributed by atoms with van der Waals surface area (Å²) in [5.41, 5.74) is 1.16. The third-order valence-electron chi connectivity index (χ3n) is 6.14. The van der Waals surface area contributed by atoms with Gasteiger partial charge < -0.3 is 19.1 Å². The van der Waals surface area contributed by atoms with Crippen molar-refractivity contribution >= 4 is 5.91 Å². The Hall–Kier alpha value is -1.59. The molecule has 0 aromatic heterocycles. The standard InChI is InChI=1S/C22H33NO4/c1-25-15-9-19-10-16-27-22(17-19)11-13-23(14-12-22)21(24)8-5-18-3-6-20(26-2)7-4-18/h3-4,6-7,19H,5,8-17H2,1-2H3. The SMILES string of the molecule is COCCC1CCOC2(CCN(C(=O)CCc3ccc(OC)cc3)CC2)C1. The van der Waals surface area contributed by atoms with E-state index in [4.69, 9.17) is 14.2 Å². The summed E-state index contributed by atoms with van der Waals surface area (Å²) in [6.07, 6.45) is 6.64. The van der Waals surface area contributed by atoms with Crippen LogP contribution in [-0.4, -0.2) is 56.9 Å². The second kappa shape index (κ2) is 9.56. The van der Waals surface area contributed by atoms with E-state index < -0.39 is 0 Å². The molecule has 2 heterocycles. The van der Waals surface area contributed by atoms with Crippen molar-refractivity contribution in [3.05, 3.63) is 29.8 Å². The maximum atomic E-state index is 12.6. The van der Waals surface area contributed by atoms with Gasteiger partial charge in [-0.25, -0.2) is 0 Å². The van der Waals surface area contributed by atoms with Gasteiger partial charge in [-0.3, -0.25) is 4.79 Å². The summed E-state index contributed by atoms with van der Waals surface area (Å²) in [6, 6.07) is 7.97. The number of rotatable bonds is 7. The van der Waals surface area contributed by atoms with E-state index in [1.807, 2.05) is 29.2 Å². The zero-order chi connectivity index (χ0) is 19.1. The average Bonchev–Trinajstić information content (AvgIpc) is 2.71. The molecule has 2 aliphatic rings. The Balaban J connectivity index is 1.44. The lowest BCUT2D eigenvalue weighted by Crippen LogP contribution is -2.50. The molecule has 0 radical (unpaired) electrons. The molecular formula is C22H33NO4. The number of methoxy groups -OCH3 is 2. The first-order valence-corrected chi connectivity index (χ1v) is 10.2. The first-order valence-electron chi connectivity index (χ1n) is 10.2. The lowest BCUT2D eigenvalue weighted by molar-refractivity contribution is -0.147. The Morgan fingerprint density at radius 1 is 1.22 bits per heavy atom. The van der Waals surface area contributed by atoms with Crippen LogP contribution >= 0.6 is 0 Å². The molecule has 1 unspecified atom stereocenters. The Kier molecular flexibility index (Phi) is 7.13. The van der Waals surface area contributed by atoms with E-state index in [9.17, 15) is 4.79 Å². The maximum Gasteiger partial charge on any atom is 0.222 e. The summed E-state index contributed by atoms with van der Waals surface area (Å²) >= 11 is 0. The highest BCUT2D eigenvalue weighted by atomic mass is 16.5. The van der Waals surface area contributed by atoms with Crippen LogP contribution in [0, 0.1) is 5.92 Å². The third kappa shape index (κ3) is 5.45. The van der Waals surface area contributed by atoms with Gasteiger partial charge in [0.15, 0.2) is 0 Å². The van der Waals surface area contributed by atoms with Gasteiger partial charge in [0.2, 0.25) is 5.91 Å². The highest BCUT2D eigenvalue weighted by Gasteiger charge is 2.40. The molecule has 1 amide bonds. The fourth-order valence-corrected chi connectivity index (χ4v) is 4.37. The molecule has 150 valence electrons. The van der Waals surface area contributed by atoms with Crippen LogP contribution in [0.1, 0.15) is 44.1 Å². The van der Waals surface area contributed by atoms with E-state index in [1.54, 1.807) is 14.2 Å². The summed E-state index contributed by atoms with van der Waals surface area (Å²) in [6.45, 7) is 3.31. The predicted octanol–water partition coefficient (Wildman–Crippen LogP) is 3.45. The summed E-state index contributed by atoms with van der Waals surface area (Å²) in [4.78, 5) is 14.6. The minimum Gasteiger partial charge on any atom is -0.497 e. The molecule has 0 N–H and O–H groups in total. The number of amides is 1. The van der Waals surface area contributed by atoms with Crippen molar-refractivity contribution in [3.8, 4) is 5.75 Å². The van der Waals surface area contributed by atoms with Crippen molar-refractivity contribution in [1.29, 1.82) is 0 Å². The summed E-state index contributed by atoms with van der Waals surface area (Å²) in [7, 11) is 3.43. The molecular weight excluding hydrogens is 342 g/mol. The van der Waals surface area contributed by atoms with Crippen LogP contribution in [-0.2, 0) is 20.7 Å². The zero-order valence-electron chi connectivity index (χ0n) is 16.7. The molecule has 1 aromatic rings. The molecule has 3 rings (SSSR count). The number of ether oxygens (including phenoxy) is 3. The first kappa shape index (κ1) is 20.2. The first-order chi connectivity index (χ1) is 13.1. The molecule has 2 saturated heterocycles. The molecule has 1 aromatic carbocycles. The van der Waals surface area contributed by atoms with Crippen LogP contribution in [0.3, 0.4) is 0 Å². The van der Waals surface area contributed by atoms with E-state index >= 15 is 0 Å². The molecule has 2 fully saturated rings. The highest BCUT2D eigenvalue weighted by Crippen LogP contribution is 2.38. The number of piperidine rings is 1. The van der Waals surface area contributed by atoms with Crippen molar-refractivity contribution in [2.45, 2.75) is 50.5 Å². The van der Waals surface area contributed by atoms with Crippen molar-refractivity contribution in [2.75, 3.05) is 40.5 Å². The van der Waals surface area contributed by atoms with Crippen LogP contribution in [0.4, 0.5) is 0 Å². The molecule has 5 heteroatoms. The summed E-state index contributed by atoms with van der Waals surface area (Å²) in [5.74, 6) is 1.80. The molecule has 27 heavy (non-hydrogen) atoms. The van der Waals surface area contributed by atoms with Crippen LogP contribution in [0.15, 0.2) is 24.3 Å². The third-order valence-corrected chi connectivity index (χ3v) is 6.14. The van der Waals surface area contributed by atoms with Crippen LogP contribution < -0.4 is 4.74 Å². The molecule has 1 atom stereocenters. The van der Waals surface area contributed by atoms with Crippen molar-refractivity contribution in [3.63, 3.8) is 0 Å². The fraction of sp³-hybridized carbons (Fsp3) is 0.682. The molecule has 0 saturated carbocycles. The van der Waals surface area contributed by atoms with Gasteiger partial charge in [0.1, 0.15) is 5.75 Å². The quantitative estimate of drug-likeness (QED) is 0.732. The van der Waals surface area contributed by atoms with E-state index in [-0.39, 0.29) is 11.5 Å². The molecule has 2 aliphatic heterocycles. The molecule has 1 spiro atoms. The van der Waals surface area contributed by atoms with Crippen molar-refractivity contribution in [1.82, 2.24) is 4.90 Å². The van der Waals surface area contributed by atoms with Gasteiger partial charge >= 0.3 is 0 Å². The molecule has 5 nitrogen and oxygen atoms in total. The fourth-order valence-electron chi connectivity index (χ4n) is 4.37. The lowest BCUT2D eigenvalue weighted by atomic mass is 9.78. The number of carbonyl (C=O) groups excluding carboxylic acids is 1. The van der Waals surface area contributed by atoms with Gasteiger partial charge in [-0.05, 0) is 62.1 Å². The second-order valence-corrected chi connectivity index (χ2v) is 7.90. The lowest BCUT2D eigenvalue weighted by Gasteiger charge is -2.46. The van der Waals surface area contributed by atoms with Crippen LogP contribution in [0.25, 0.3) is 0 Å². The zero-order valence-corrected chi connectivity index (χ0v) is 16.7. The molecule has 0 bridgehead atoms. The number of hydrogen-bond acceptors (Lipinski definition) is 4. The van der Waals surface area contributed by atoms with E-state index in [1.165, 1.54) is 5.56 Å². The van der Waals surface area contributed by atoms with Gasteiger partial charge in [0.25, 0.3) is 0 Å². The van der Waals surface area contributed by atoms with Gasteiger partial charge in [-0.2, -0.15) is 0 Å². The normalized spacial score (nSPS) is 22.0. The van der Waals surface area contributed by atoms with Gasteiger partial charge in [-0.15, -0.1) is 0 Å². The minimum atomic E-state index is -0.0105. The van der Waals surface area contributed by atoms with Crippen molar-refractivity contribution in [2.24, 2.45) is 5.92 Å². The number of carbonyl (C=O) groups is 1. The summed E-state index contributed by atoms with van der Waals surface area (Å²) in [5, 5.41) is 0. The van der Waals surface area contributed by atoms with Gasteiger partial charge in [-0.1, -0.05) is 12.1 Å². The Morgan fingerprint density at radius 3 is 2.63 bits per heavy atom.